The number of carboxylic acids is 1. The average molecular weight is 295 g/mol. The largest absolute Gasteiger partial charge is 0.496 e. The summed E-state index contributed by atoms with van der Waals surface area (Å²) in [6.07, 6.45) is 2.42. The number of methoxy groups -OCH3 is 1. The number of amides is 1. The van der Waals surface area contributed by atoms with Gasteiger partial charge >= 0.3 is 5.97 Å². The molecule has 2 atom stereocenters. The van der Waals surface area contributed by atoms with Crippen LogP contribution in [0.15, 0.2) is 18.2 Å². The van der Waals surface area contributed by atoms with Crippen LogP contribution in [-0.4, -0.2) is 30.1 Å². The third kappa shape index (κ3) is 3.51. The fraction of sp³-hybridized carbons (Fsp3) is 0.467. The lowest BCUT2D eigenvalue weighted by Crippen LogP contribution is -2.40. The predicted octanol–water partition coefficient (Wildman–Crippen LogP) is 2.21. The molecule has 1 aromatic rings. The maximum absolute atomic E-state index is 13.8. The van der Waals surface area contributed by atoms with Crippen LogP contribution in [0, 0.1) is 11.7 Å². The standard InChI is InChI=1S/C15H18FNO4/c1-21-12-7-3-6-11(16)13(12)14(18)17-10-5-2-4-9(8-10)15(19)20/h3,6-7,9-10H,2,4-5,8H2,1H3,(H,17,18)(H,19,20). The molecule has 0 saturated heterocycles. The van der Waals surface area contributed by atoms with Crippen LogP contribution >= 0.6 is 0 Å². The number of hydrogen-bond donors (Lipinski definition) is 2. The van der Waals surface area contributed by atoms with E-state index < -0.39 is 23.6 Å². The number of benzene rings is 1. The Morgan fingerprint density at radius 2 is 2.14 bits per heavy atom. The van der Waals surface area contributed by atoms with Crippen LogP contribution in [0.3, 0.4) is 0 Å². The molecule has 21 heavy (non-hydrogen) atoms. The van der Waals surface area contributed by atoms with E-state index in [1.54, 1.807) is 0 Å². The van der Waals surface area contributed by atoms with Crippen molar-refractivity contribution in [3.63, 3.8) is 0 Å². The molecular formula is C15H18FNO4. The average Bonchev–Trinajstić information content (AvgIpc) is 2.46. The maximum atomic E-state index is 13.8. The molecule has 1 aromatic carbocycles. The molecule has 2 rings (SSSR count). The number of rotatable bonds is 4. The minimum atomic E-state index is -0.850. The number of ether oxygens (including phenoxy) is 1. The lowest BCUT2D eigenvalue weighted by Gasteiger charge is -2.27. The molecule has 2 unspecified atom stereocenters. The van der Waals surface area contributed by atoms with Crippen LogP contribution < -0.4 is 10.1 Å². The highest BCUT2D eigenvalue weighted by atomic mass is 19.1. The molecular weight excluding hydrogens is 277 g/mol. The van der Waals surface area contributed by atoms with Crippen molar-refractivity contribution in [3.8, 4) is 5.75 Å². The van der Waals surface area contributed by atoms with E-state index in [4.69, 9.17) is 9.84 Å². The number of nitrogens with one attached hydrogen (secondary N) is 1. The van der Waals surface area contributed by atoms with E-state index in [2.05, 4.69) is 5.32 Å². The van der Waals surface area contributed by atoms with Gasteiger partial charge in [0.2, 0.25) is 0 Å². The monoisotopic (exact) mass is 295 g/mol. The molecule has 1 saturated carbocycles. The summed E-state index contributed by atoms with van der Waals surface area (Å²) in [5, 5.41) is 11.8. The lowest BCUT2D eigenvalue weighted by atomic mass is 9.85. The normalized spacial score (nSPS) is 21.6. The molecule has 1 amide bonds. The first kappa shape index (κ1) is 15.3. The minimum absolute atomic E-state index is 0.141. The van der Waals surface area contributed by atoms with Gasteiger partial charge in [-0.3, -0.25) is 9.59 Å². The fourth-order valence-corrected chi connectivity index (χ4v) is 2.70. The lowest BCUT2D eigenvalue weighted by molar-refractivity contribution is -0.143. The Bertz CT molecular complexity index is 546. The summed E-state index contributed by atoms with van der Waals surface area (Å²) in [6, 6.07) is 3.92. The Labute approximate surface area is 122 Å². The topological polar surface area (TPSA) is 75.6 Å². The fourth-order valence-electron chi connectivity index (χ4n) is 2.70. The number of carbonyl (C=O) groups is 2. The van der Waals surface area contributed by atoms with Crippen molar-refractivity contribution in [2.75, 3.05) is 7.11 Å². The van der Waals surface area contributed by atoms with E-state index in [1.807, 2.05) is 0 Å². The Morgan fingerprint density at radius 3 is 2.81 bits per heavy atom. The molecule has 114 valence electrons. The Balaban J connectivity index is 2.10. The molecule has 1 aliphatic carbocycles. The SMILES string of the molecule is COc1cccc(F)c1C(=O)NC1CCCC(C(=O)O)C1. The summed E-state index contributed by atoms with van der Waals surface area (Å²) in [6.45, 7) is 0. The molecule has 2 N–H and O–H groups in total. The van der Waals surface area contributed by atoms with E-state index in [9.17, 15) is 14.0 Å². The first-order chi connectivity index (χ1) is 10.0. The van der Waals surface area contributed by atoms with E-state index in [-0.39, 0.29) is 17.4 Å². The van der Waals surface area contributed by atoms with Gasteiger partial charge in [0.25, 0.3) is 5.91 Å². The second-order valence-corrected chi connectivity index (χ2v) is 5.19. The molecule has 0 bridgehead atoms. The van der Waals surface area contributed by atoms with Crippen LogP contribution in [0.4, 0.5) is 4.39 Å². The molecule has 0 spiro atoms. The van der Waals surface area contributed by atoms with Gasteiger partial charge in [-0.1, -0.05) is 12.5 Å². The molecule has 0 heterocycles. The molecule has 0 aromatic heterocycles. The molecule has 1 fully saturated rings. The van der Waals surface area contributed by atoms with Crippen molar-refractivity contribution < 1.29 is 23.8 Å². The Hall–Kier alpha value is -2.11. The van der Waals surface area contributed by atoms with Crippen LogP contribution in [0.5, 0.6) is 5.75 Å². The van der Waals surface area contributed by atoms with Gasteiger partial charge in [0.05, 0.1) is 13.0 Å². The molecule has 5 nitrogen and oxygen atoms in total. The highest BCUT2D eigenvalue weighted by Gasteiger charge is 2.29. The second-order valence-electron chi connectivity index (χ2n) is 5.19. The first-order valence-corrected chi connectivity index (χ1v) is 6.89. The minimum Gasteiger partial charge on any atom is -0.496 e. The summed E-state index contributed by atoms with van der Waals surface area (Å²) >= 11 is 0. The van der Waals surface area contributed by atoms with Crippen LogP contribution in [-0.2, 0) is 4.79 Å². The summed E-state index contributed by atoms with van der Waals surface area (Å²) < 4.78 is 18.8. The van der Waals surface area contributed by atoms with Crippen LogP contribution in [0.25, 0.3) is 0 Å². The number of carbonyl (C=O) groups excluding carboxylic acids is 1. The number of carboxylic acid groups (broad SMARTS) is 1. The van der Waals surface area contributed by atoms with Gasteiger partial charge in [-0.05, 0) is 31.4 Å². The summed E-state index contributed by atoms with van der Waals surface area (Å²) in [5.74, 6) is -2.36. The van der Waals surface area contributed by atoms with E-state index in [0.717, 1.165) is 6.42 Å². The van der Waals surface area contributed by atoms with Gasteiger partial charge in [0.15, 0.2) is 0 Å². The van der Waals surface area contributed by atoms with Crippen molar-refractivity contribution in [1.82, 2.24) is 5.32 Å². The van der Waals surface area contributed by atoms with Crippen molar-refractivity contribution in [2.24, 2.45) is 5.92 Å². The van der Waals surface area contributed by atoms with E-state index in [1.165, 1.54) is 25.3 Å². The van der Waals surface area contributed by atoms with E-state index >= 15 is 0 Å². The van der Waals surface area contributed by atoms with Crippen molar-refractivity contribution in [1.29, 1.82) is 0 Å². The molecule has 6 heteroatoms. The van der Waals surface area contributed by atoms with Crippen molar-refractivity contribution >= 4 is 11.9 Å². The zero-order chi connectivity index (χ0) is 15.4. The highest BCUT2D eigenvalue weighted by Crippen LogP contribution is 2.26. The number of aliphatic carboxylic acids is 1. The van der Waals surface area contributed by atoms with Crippen molar-refractivity contribution in [2.45, 2.75) is 31.7 Å². The zero-order valence-corrected chi connectivity index (χ0v) is 11.8. The number of hydrogen-bond acceptors (Lipinski definition) is 3. The van der Waals surface area contributed by atoms with E-state index in [0.29, 0.717) is 19.3 Å². The van der Waals surface area contributed by atoms with Crippen molar-refractivity contribution in [3.05, 3.63) is 29.6 Å². The van der Waals surface area contributed by atoms with Gasteiger partial charge in [-0.25, -0.2) is 4.39 Å². The smallest absolute Gasteiger partial charge is 0.306 e. The quantitative estimate of drug-likeness (QED) is 0.893. The van der Waals surface area contributed by atoms with Crippen LogP contribution in [0.1, 0.15) is 36.0 Å². The Kier molecular flexibility index (Phi) is 4.77. The van der Waals surface area contributed by atoms with Gasteiger partial charge in [0.1, 0.15) is 17.1 Å². The van der Waals surface area contributed by atoms with Gasteiger partial charge in [-0.2, -0.15) is 0 Å². The van der Waals surface area contributed by atoms with Gasteiger partial charge in [-0.15, -0.1) is 0 Å². The Morgan fingerprint density at radius 1 is 1.38 bits per heavy atom. The molecule has 1 aliphatic rings. The molecule has 0 radical (unpaired) electrons. The highest BCUT2D eigenvalue weighted by molar-refractivity contribution is 5.97. The first-order valence-electron chi connectivity index (χ1n) is 6.89. The zero-order valence-electron chi connectivity index (χ0n) is 11.8. The second kappa shape index (κ2) is 6.56. The summed E-state index contributed by atoms with van der Waals surface area (Å²) in [4.78, 5) is 23.2. The van der Waals surface area contributed by atoms with Gasteiger partial charge in [0, 0.05) is 6.04 Å². The third-order valence-corrected chi connectivity index (χ3v) is 3.78. The predicted molar refractivity (Wildman–Crippen MR) is 73.8 cm³/mol. The molecule has 0 aliphatic heterocycles. The summed E-state index contributed by atoms with van der Waals surface area (Å²) in [5.41, 5.74) is -0.141. The third-order valence-electron chi connectivity index (χ3n) is 3.78. The number of halogens is 1. The summed E-state index contributed by atoms with van der Waals surface area (Å²) in [7, 11) is 1.37. The van der Waals surface area contributed by atoms with Crippen LogP contribution in [0.2, 0.25) is 0 Å². The van der Waals surface area contributed by atoms with Gasteiger partial charge < -0.3 is 15.2 Å². The maximum Gasteiger partial charge on any atom is 0.306 e.